The van der Waals surface area contributed by atoms with Crippen LogP contribution in [0.25, 0.3) is 28.0 Å². The summed E-state index contributed by atoms with van der Waals surface area (Å²) in [5.41, 5.74) is 7.07. The lowest BCUT2D eigenvalue weighted by Crippen LogP contribution is -1.89. The number of nitriles is 2. The Kier molecular flexibility index (Phi) is 3.73. The Morgan fingerprint density at radius 1 is 0.808 bits per heavy atom. The molecule has 4 nitrogen and oxygen atoms in total. The molecular formula is C22H14N4. The molecular weight excluding hydrogens is 320 g/mol. The topological polar surface area (TPSA) is 64.9 Å². The van der Waals surface area contributed by atoms with Crippen LogP contribution in [-0.2, 0) is 0 Å². The first-order chi connectivity index (χ1) is 12.7. The average Bonchev–Trinajstić information content (AvgIpc) is 3.13. The van der Waals surface area contributed by atoms with E-state index < -0.39 is 0 Å². The van der Waals surface area contributed by atoms with Crippen LogP contribution in [0.15, 0.2) is 67.0 Å². The maximum atomic E-state index is 9.14. The van der Waals surface area contributed by atoms with Crippen molar-refractivity contribution in [2.75, 3.05) is 0 Å². The SMILES string of the molecule is Cc1cc(C#N)cn2cc(-c3cccc(-c4ccc(C#N)cc4)c3)nc12. The van der Waals surface area contributed by atoms with E-state index in [4.69, 9.17) is 15.5 Å². The number of nitrogens with zero attached hydrogens (tertiary/aromatic N) is 4. The van der Waals surface area contributed by atoms with Gasteiger partial charge in [-0.25, -0.2) is 4.98 Å². The molecule has 0 spiro atoms. The van der Waals surface area contributed by atoms with Crippen molar-refractivity contribution in [1.82, 2.24) is 9.38 Å². The molecule has 0 saturated heterocycles. The van der Waals surface area contributed by atoms with Gasteiger partial charge in [-0.2, -0.15) is 10.5 Å². The summed E-state index contributed by atoms with van der Waals surface area (Å²) in [6.07, 6.45) is 3.74. The number of benzene rings is 2. The molecule has 4 rings (SSSR count). The molecule has 4 aromatic rings. The smallest absolute Gasteiger partial charge is 0.140 e. The molecule has 26 heavy (non-hydrogen) atoms. The van der Waals surface area contributed by atoms with Crippen LogP contribution in [0.1, 0.15) is 16.7 Å². The van der Waals surface area contributed by atoms with Gasteiger partial charge in [0.1, 0.15) is 11.7 Å². The lowest BCUT2D eigenvalue weighted by atomic mass is 10.0. The molecule has 2 heterocycles. The van der Waals surface area contributed by atoms with Gasteiger partial charge in [0, 0.05) is 18.0 Å². The van der Waals surface area contributed by atoms with Gasteiger partial charge in [0.25, 0.3) is 0 Å². The van der Waals surface area contributed by atoms with Crippen molar-refractivity contribution in [2.24, 2.45) is 0 Å². The third-order valence-electron chi connectivity index (χ3n) is 4.37. The van der Waals surface area contributed by atoms with Gasteiger partial charge in [-0.1, -0.05) is 30.3 Å². The van der Waals surface area contributed by atoms with Gasteiger partial charge in [-0.05, 0) is 47.9 Å². The predicted octanol–water partition coefficient (Wildman–Crippen LogP) is 4.72. The Morgan fingerprint density at radius 3 is 2.27 bits per heavy atom. The van der Waals surface area contributed by atoms with Crippen molar-refractivity contribution in [2.45, 2.75) is 6.92 Å². The second-order valence-electron chi connectivity index (χ2n) is 6.15. The number of aromatic nitrogens is 2. The molecule has 0 fully saturated rings. The van der Waals surface area contributed by atoms with Crippen molar-refractivity contribution in [1.29, 1.82) is 10.5 Å². The van der Waals surface area contributed by atoms with Crippen LogP contribution in [0.2, 0.25) is 0 Å². The van der Waals surface area contributed by atoms with Crippen molar-refractivity contribution < 1.29 is 0 Å². The lowest BCUT2D eigenvalue weighted by Gasteiger charge is -2.04. The molecule has 0 aliphatic rings. The number of hydrogen-bond donors (Lipinski definition) is 0. The number of hydrogen-bond acceptors (Lipinski definition) is 3. The van der Waals surface area contributed by atoms with Gasteiger partial charge >= 0.3 is 0 Å². The summed E-state index contributed by atoms with van der Waals surface area (Å²) in [5, 5.41) is 18.1. The minimum absolute atomic E-state index is 0.616. The largest absolute Gasteiger partial charge is 0.305 e. The zero-order chi connectivity index (χ0) is 18.1. The van der Waals surface area contributed by atoms with Crippen LogP contribution in [0.4, 0.5) is 0 Å². The Bertz CT molecular complexity index is 1200. The van der Waals surface area contributed by atoms with Crippen LogP contribution in [-0.4, -0.2) is 9.38 Å². The van der Waals surface area contributed by atoms with E-state index in [1.165, 1.54) is 0 Å². The molecule has 0 bridgehead atoms. The number of fused-ring (bicyclic) bond motifs is 1. The fourth-order valence-electron chi connectivity index (χ4n) is 3.06. The van der Waals surface area contributed by atoms with Gasteiger partial charge in [0.05, 0.1) is 22.9 Å². The highest BCUT2D eigenvalue weighted by atomic mass is 15.0. The summed E-state index contributed by atoms with van der Waals surface area (Å²) in [7, 11) is 0. The van der Waals surface area contributed by atoms with Crippen molar-refractivity contribution in [3.8, 4) is 34.5 Å². The molecule has 0 N–H and O–H groups in total. The Morgan fingerprint density at radius 2 is 1.54 bits per heavy atom. The van der Waals surface area contributed by atoms with Gasteiger partial charge in [0.15, 0.2) is 0 Å². The standard InChI is InChI=1S/C22H14N4/c1-15-9-17(12-24)13-26-14-21(25-22(15)26)20-4-2-3-19(10-20)18-7-5-16(11-23)6-8-18/h2-10,13-14H,1H3. The quantitative estimate of drug-likeness (QED) is 0.533. The van der Waals surface area contributed by atoms with Crippen LogP contribution >= 0.6 is 0 Å². The molecule has 122 valence electrons. The minimum Gasteiger partial charge on any atom is -0.305 e. The number of pyridine rings is 1. The summed E-state index contributed by atoms with van der Waals surface area (Å²) in [6, 6.07) is 21.8. The fraction of sp³-hybridized carbons (Fsp3) is 0.0455. The van der Waals surface area contributed by atoms with Crippen LogP contribution in [0, 0.1) is 29.6 Å². The highest BCUT2D eigenvalue weighted by Gasteiger charge is 2.09. The maximum absolute atomic E-state index is 9.14. The molecule has 0 atom stereocenters. The van der Waals surface area contributed by atoms with E-state index in [2.05, 4.69) is 18.2 Å². The first kappa shape index (κ1) is 15.6. The molecule has 2 aromatic carbocycles. The zero-order valence-electron chi connectivity index (χ0n) is 14.1. The normalized spacial score (nSPS) is 10.4. The fourth-order valence-corrected chi connectivity index (χ4v) is 3.06. The minimum atomic E-state index is 0.616. The monoisotopic (exact) mass is 334 g/mol. The van der Waals surface area contributed by atoms with Gasteiger partial charge < -0.3 is 4.40 Å². The lowest BCUT2D eigenvalue weighted by molar-refractivity contribution is 1.15. The second kappa shape index (κ2) is 6.20. The molecule has 2 aromatic heterocycles. The summed E-state index contributed by atoms with van der Waals surface area (Å²) < 4.78 is 1.90. The van der Waals surface area contributed by atoms with Crippen molar-refractivity contribution in [3.05, 3.63) is 83.7 Å². The molecule has 0 unspecified atom stereocenters. The van der Waals surface area contributed by atoms with Gasteiger partial charge in [-0.15, -0.1) is 0 Å². The van der Waals surface area contributed by atoms with Gasteiger partial charge in [-0.3, -0.25) is 0 Å². The maximum Gasteiger partial charge on any atom is 0.140 e. The van der Waals surface area contributed by atoms with E-state index in [0.717, 1.165) is 33.6 Å². The highest BCUT2D eigenvalue weighted by molar-refractivity contribution is 5.73. The van der Waals surface area contributed by atoms with Crippen LogP contribution in [0.5, 0.6) is 0 Å². The number of rotatable bonds is 2. The van der Waals surface area contributed by atoms with E-state index in [9.17, 15) is 0 Å². The number of aryl methyl sites for hydroxylation is 1. The van der Waals surface area contributed by atoms with Crippen molar-refractivity contribution in [3.63, 3.8) is 0 Å². The Balaban J connectivity index is 1.79. The molecule has 0 aliphatic carbocycles. The van der Waals surface area contributed by atoms with E-state index in [1.807, 2.05) is 66.1 Å². The molecule has 4 heteroatoms. The third-order valence-corrected chi connectivity index (χ3v) is 4.37. The zero-order valence-corrected chi connectivity index (χ0v) is 14.1. The van der Waals surface area contributed by atoms with Gasteiger partial charge in [0.2, 0.25) is 0 Å². The van der Waals surface area contributed by atoms with Crippen LogP contribution in [0.3, 0.4) is 0 Å². The molecule has 0 aliphatic heterocycles. The summed E-state index contributed by atoms with van der Waals surface area (Å²) >= 11 is 0. The molecule has 0 radical (unpaired) electrons. The Labute approximate surface area is 151 Å². The first-order valence-electron chi connectivity index (χ1n) is 8.18. The van der Waals surface area contributed by atoms with Crippen LogP contribution < -0.4 is 0 Å². The first-order valence-corrected chi connectivity index (χ1v) is 8.18. The van der Waals surface area contributed by atoms with E-state index in [-0.39, 0.29) is 0 Å². The van der Waals surface area contributed by atoms with E-state index in [1.54, 1.807) is 6.20 Å². The number of imidazole rings is 1. The highest BCUT2D eigenvalue weighted by Crippen LogP contribution is 2.27. The molecule has 0 amide bonds. The summed E-state index contributed by atoms with van der Waals surface area (Å²) in [6.45, 7) is 1.96. The van der Waals surface area contributed by atoms with Crippen molar-refractivity contribution >= 4 is 5.65 Å². The second-order valence-corrected chi connectivity index (χ2v) is 6.15. The van der Waals surface area contributed by atoms with E-state index >= 15 is 0 Å². The Hall–Kier alpha value is -3.89. The molecule has 0 saturated carbocycles. The summed E-state index contributed by atoms with van der Waals surface area (Å²) in [5.74, 6) is 0. The predicted molar refractivity (Wildman–Crippen MR) is 100 cm³/mol. The third kappa shape index (κ3) is 2.70. The summed E-state index contributed by atoms with van der Waals surface area (Å²) in [4.78, 5) is 4.73. The average molecular weight is 334 g/mol. The van der Waals surface area contributed by atoms with E-state index in [0.29, 0.717) is 11.1 Å².